The molecule has 2 fully saturated rings. The number of hydrazone groups is 1. The van der Waals surface area contributed by atoms with Gasteiger partial charge in [-0.05, 0) is 61.4 Å². The van der Waals surface area contributed by atoms with Crippen LogP contribution in [-0.2, 0) is 4.79 Å². The van der Waals surface area contributed by atoms with Gasteiger partial charge in [-0.15, -0.1) is 0 Å². The van der Waals surface area contributed by atoms with Gasteiger partial charge in [-0.3, -0.25) is 9.80 Å². The van der Waals surface area contributed by atoms with Crippen molar-refractivity contribution in [2.45, 2.75) is 38.5 Å². The second-order valence-corrected chi connectivity index (χ2v) is 9.04. The summed E-state index contributed by atoms with van der Waals surface area (Å²) in [7, 11) is 0. The van der Waals surface area contributed by atoms with Gasteiger partial charge in [-0.25, -0.2) is 4.98 Å². The van der Waals surface area contributed by atoms with Gasteiger partial charge in [0.05, 0.1) is 13.1 Å². The fourth-order valence-corrected chi connectivity index (χ4v) is 5.11. The van der Waals surface area contributed by atoms with Crippen LogP contribution in [-0.4, -0.2) is 52.7 Å². The summed E-state index contributed by atoms with van der Waals surface area (Å²) < 4.78 is 5.29. The number of hydrogen-bond donors (Lipinski definition) is 1. The van der Waals surface area contributed by atoms with Crippen molar-refractivity contribution in [2.75, 3.05) is 31.5 Å². The highest BCUT2D eigenvalue weighted by molar-refractivity contribution is 6.02. The number of hydrogen-bond acceptors (Lipinski definition) is 7. The van der Waals surface area contributed by atoms with Crippen LogP contribution in [0.25, 0.3) is 11.1 Å². The first-order chi connectivity index (χ1) is 15.1. The second-order valence-electron chi connectivity index (χ2n) is 9.04. The minimum absolute atomic E-state index is 0.0554. The van der Waals surface area contributed by atoms with Crippen molar-refractivity contribution in [1.82, 2.24) is 14.9 Å². The highest BCUT2D eigenvalue weighted by atomic mass is 16.3. The second kappa shape index (κ2) is 8.21. The molecule has 3 aliphatic rings. The molecule has 1 saturated carbocycles. The Labute approximate surface area is 182 Å². The number of ketones is 1. The van der Waals surface area contributed by atoms with Crippen LogP contribution in [0, 0.1) is 5.41 Å². The molecule has 31 heavy (non-hydrogen) atoms. The number of rotatable bonds is 4. The Morgan fingerprint density at radius 2 is 1.97 bits per heavy atom. The Morgan fingerprint density at radius 1 is 1.16 bits per heavy atom. The number of nitrogens with one attached hydrogen (secondary N) is 1. The standard InChI is InChI=1S/C24H29N5O2/c1-18(26-19-4-6-22-21(14-19)25-17-31-22)15-29-16-20(30)5-7-23(27-29)28-12-10-24(11-13-28)8-2-3-9-24/h4-7,14,17,26H,1-3,8-13,15-16H2. The van der Waals surface area contributed by atoms with Gasteiger partial charge >= 0.3 is 0 Å². The van der Waals surface area contributed by atoms with E-state index in [2.05, 4.69) is 21.8 Å². The lowest BCUT2D eigenvalue weighted by atomic mass is 9.77. The molecule has 0 bridgehead atoms. The van der Waals surface area contributed by atoms with E-state index < -0.39 is 0 Å². The molecular weight excluding hydrogens is 390 g/mol. The highest BCUT2D eigenvalue weighted by Gasteiger charge is 2.37. The van der Waals surface area contributed by atoms with Gasteiger partial charge in [-0.1, -0.05) is 19.4 Å². The van der Waals surface area contributed by atoms with Crippen molar-refractivity contribution in [3.8, 4) is 0 Å². The Bertz CT molecular complexity index is 1040. The number of fused-ring (bicyclic) bond motifs is 1. The molecule has 1 saturated heterocycles. The van der Waals surface area contributed by atoms with Crippen LogP contribution in [0.1, 0.15) is 38.5 Å². The van der Waals surface area contributed by atoms with Crippen LogP contribution >= 0.6 is 0 Å². The molecule has 1 aromatic heterocycles. The predicted octanol–water partition coefficient (Wildman–Crippen LogP) is 4.16. The molecule has 2 aliphatic heterocycles. The number of carbonyl (C=O) groups is 1. The first kappa shape index (κ1) is 19.8. The zero-order chi connectivity index (χ0) is 21.3. The van der Waals surface area contributed by atoms with Gasteiger partial charge in [0.25, 0.3) is 0 Å². The normalized spacial score (nSPS) is 20.9. The third-order valence-corrected chi connectivity index (χ3v) is 6.84. The molecule has 1 N–H and O–H groups in total. The van der Waals surface area contributed by atoms with Crippen LogP contribution in [0.15, 0.2) is 58.5 Å². The SMILES string of the molecule is C=C(CN1CC(=O)C=CC(N2CCC3(CCCC3)CC2)=N1)Nc1ccc2ocnc2c1. The van der Waals surface area contributed by atoms with E-state index in [1.807, 2.05) is 29.3 Å². The molecular formula is C24H29N5O2. The quantitative estimate of drug-likeness (QED) is 0.802. The molecule has 1 aliphatic carbocycles. The van der Waals surface area contributed by atoms with Crippen molar-refractivity contribution in [1.29, 1.82) is 0 Å². The van der Waals surface area contributed by atoms with E-state index in [4.69, 9.17) is 9.52 Å². The monoisotopic (exact) mass is 419 g/mol. The van der Waals surface area contributed by atoms with E-state index in [-0.39, 0.29) is 12.3 Å². The fraction of sp³-hybridized carbons (Fsp3) is 0.458. The van der Waals surface area contributed by atoms with Crippen molar-refractivity contribution in [2.24, 2.45) is 10.5 Å². The molecule has 1 spiro atoms. The number of amidine groups is 1. The zero-order valence-corrected chi connectivity index (χ0v) is 17.8. The smallest absolute Gasteiger partial charge is 0.181 e. The molecule has 162 valence electrons. The Kier molecular flexibility index (Phi) is 5.26. The maximum absolute atomic E-state index is 12.3. The maximum atomic E-state index is 12.3. The maximum Gasteiger partial charge on any atom is 0.181 e. The van der Waals surface area contributed by atoms with Gasteiger partial charge in [0.15, 0.2) is 17.8 Å². The van der Waals surface area contributed by atoms with Gasteiger partial charge in [0, 0.05) is 24.5 Å². The molecule has 0 amide bonds. The summed E-state index contributed by atoms with van der Waals surface area (Å²) in [4.78, 5) is 18.8. The summed E-state index contributed by atoms with van der Waals surface area (Å²) in [5.41, 5.74) is 3.74. The highest BCUT2D eigenvalue weighted by Crippen LogP contribution is 2.46. The van der Waals surface area contributed by atoms with Crippen molar-refractivity contribution < 1.29 is 9.21 Å². The van der Waals surface area contributed by atoms with Gasteiger partial charge in [0.1, 0.15) is 11.4 Å². The van der Waals surface area contributed by atoms with Crippen LogP contribution in [0.2, 0.25) is 0 Å². The summed E-state index contributed by atoms with van der Waals surface area (Å²) in [5.74, 6) is 0.940. The van der Waals surface area contributed by atoms with Gasteiger partial charge in [-0.2, -0.15) is 5.10 Å². The first-order valence-electron chi connectivity index (χ1n) is 11.2. The van der Waals surface area contributed by atoms with Crippen molar-refractivity contribution in [3.05, 3.63) is 49.0 Å². The van der Waals surface area contributed by atoms with Gasteiger partial charge < -0.3 is 14.6 Å². The number of oxazole rings is 1. The number of aromatic nitrogens is 1. The summed E-state index contributed by atoms with van der Waals surface area (Å²) in [5, 5.41) is 9.94. The molecule has 0 atom stereocenters. The van der Waals surface area contributed by atoms with E-state index in [1.54, 1.807) is 6.08 Å². The van der Waals surface area contributed by atoms with Gasteiger partial charge in [0.2, 0.25) is 0 Å². The third-order valence-electron chi connectivity index (χ3n) is 6.84. The summed E-state index contributed by atoms with van der Waals surface area (Å²) in [6, 6.07) is 5.72. The molecule has 3 heterocycles. The van der Waals surface area contributed by atoms with Crippen molar-refractivity contribution in [3.63, 3.8) is 0 Å². The molecule has 7 nitrogen and oxygen atoms in total. The molecule has 2 aromatic rings. The summed E-state index contributed by atoms with van der Waals surface area (Å²) in [6.45, 7) is 6.87. The lowest BCUT2D eigenvalue weighted by Gasteiger charge is -2.40. The number of nitrogens with zero attached hydrogens (tertiary/aromatic N) is 4. The van der Waals surface area contributed by atoms with E-state index >= 15 is 0 Å². The van der Waals surface area contributed by atoms with Crippen LogP contribution in [0.4, 0.5) is 5.69 Å². The molecule has 1 aromatic carbocycles. The van der Waals surface area contributed by atoms with Crippen LogP contribution < -0.4 is 5.32 Å². The number of anilines is 1. The lowest BCUT2D eigenvalue weighted by molar-refractivity contribution is -0.115. The third kappa shape index (κ3) is 4.36. The number of piperidine rings is 1. The number of benzene rings is 1. The zero-order valence-electron chi connectivity index (χ0n) is 17.8. The number of carbonyl (C=O) groups excluding carboxylic acids is 1. The van der Waals surface area contributed by atoms with E-state index in [0.717, 1.165) is 41.4 Å². The average Bonchev–Trinajstić information content (AvgIpc) is 3.36. The fourth-order valence-electron chi connectivity index (χ4n) is 5.11. The minimum Gasteiger partial charge on any atom is -0.443 e. The first-order valence-corrected chi connectivity index (χ1v) is 11.2. The minimum atomic E-state index is 0.0554. The molecule has 7 heteroatoms. The Balaban J connectivity index is 1.24. The predicted molar refractivity (Wildman–Crippen MR) is 122 cm³/mol. The molecule has 0 radical (unpaired) electrons. The van der Waals surface area contributed by atoms with Crippen LogP contribution in [0.3, 0.4) is 0 Å². The van der Waals surface area contributed by atoms with Crippen molar-refractivity contribution >= 4 is 28.4 Å². The Morgan fingerprint density at radius 3 is 2.77 bits per heavy atom. The Hall–Kier alpha value is -3.09. The number of likely N-dealkylation sites (tertiary alicyclic amines) is 1. The van der Waals surface area contributed by atoms with E-state index in [1.165, 1.54) is 44.9 Å². The average molecular weight is 420 g/mol. The summed E-state index contributed by atoms with van der Waals surface area (Å²) >= 11 is 0. The van der Waals surface area contributed by atoms with Crippen LogP contribution in [0.5, 0.6) is 0 Å². The lowest BCUT2D eigenvalue weighted by Crippen LogP contribution is -2.42. The van der Waals surface area contributed by atoms with E-state index in [0.29, 0.717) is 12.0 Å². The summed E-state index contributed by atoms with van der Waals surface area (Å²) in [6.07, 6.45) is 12.9. The topological polar surface area (TPSA) is 74.0 Å². The molecule has 5 rings (SSSR count). The molecule has 0 unspecified atom stereocenters. The van der Waals surface area contributed by atoms with E-state index in [9.17, 15) is 4.79 Å². The largest absolute Gasteiger partial charge is 0.443 e.